The number of benzene rings is 1. The molecule has 0 bridgehead atoms. The van der Waals surface area contributed by atoms with Crippen molar-refractivity contribution in [2.75, 3.05) is 32.8 Å². The van der Waals surface area contributed by atoms with Gasteiger partial charge in [-0.1, -0.05) is 0 Å². The van der Waals surface area contributed by atoms with Crippen molar-refractivity contribution in [2.24, 2.45) is 0 Å². The topological polar surface area (TPSA) is 87.8 Å². The van der Waals surface area contributed by atoms with Gasteiger partial charge in [-0.05, 0) is 24.6 Å². The Morgan fingerprint density at radius 2 is 2.04 bits per heavy atom. The molecule has 0 unspecified atom stereocenters. The molecule has 1 aliphatic rings. The molecule has 23 heavy (non-hydrogen) atoms. The molecule has 2 aromatic rings. The molecule has 0 atom stereocenters. The summed E-state index contributed by atoms with van der Waals surface area (Å²) in [5, 5.41) is 18.6. The number of ether oxygens (including phenoxy) is 1. The quantitative estimate of drug-likeness (QED) is 0.824. The fourth-order valence-electron chi connectivity index (χ4n) is 2.96. The smallest absolute Gasteiger partial charge is 0.335 e. The van der Waals surface area contributed by atoms with Crippen LogP contribution in [0.2, 0.25) is 0 Å². The zero-order valence-corrected chi connectivity index (χ0v) is 12.9. The standard InChI is InChI=1S/C16H21N3O4/c20-11-15-17-13-10-12(16(21)22)2-3-14(13)19(15)5-1-4-18-6-8-23-9-7-18/h2-3,10,20H,1,4-9,11H2,(H,21,22). The molecule has 0 spiro atoms. The van der Waals surface area contributed by atoms with E-state index in [4.69, 9.17) is 9.84 Å². The second-order valence-electron chi connectivity index (χ2n) is 5.65. The zero-order valence-electron chi connectivity index (χ0n) is 12.9. The van der Waals surface area contributed by atoms with E-state index in [0.717, 1.165) is 51.3 Å². The van der Waals surface area contributed by atoms with E-state index >= 15 is 0 Å². The summed E-state index contributed by atoms with van der Waals surface area (Å²) in [6.07, 6.45) is 0.944. The van der Waals surface area contributed by atoms with Gasteiger partial charge in [0, 0.05) is 26.2 Å². The first kappa shape index (κ1) is 15.9. The minimum absolute atomic E-state index is 0.158. The minimum Gasteiger partial charge on any atom is -0.478 e. The SMILES string of the molecule is O=C(O)c1ccc2c(c1)nc(CO)n2CCCN1CCOCC1. The molecule has 3 rings (SSSR count). The molecule has 0 radical (unpaired) electrons. The van der Waals surface area contributed by atoms with Crippen molar-refractivity contribution in [3.8, 4) is 0 Å². The molecule has 1 fully saturated rings. The lowest BCUT2D eigenvalue weighted by Crippen LogP contribution is -2.37. The third-order valence-corrected chi connectivity index (χ3v) is 4.18. The van der Waals surface area contributed by atoms with Crippen molar-refractivity contribution in [3.63, 3.8) is 0 Å². The fraction of sp³-hybridized carbons (Fsp3) is 0.500. The van der Waals surface area contributed by atoms with Crippen LogP contribution in [0, 0.1) is 0 Å². The van der Waals surface area contributed by atoms with Gasteiger partial charge in [-0.3, -0.25) is 4.90 Å². The summed E-state index contributed by atoms with van der Waals surface area (Å²) in [7, 11) is 0. The molecule has 2 heterocycles. The van der Waals surface area contributed by atoms with Gasteiger partial charge in [-0.2, -0.15) is 0 Å². The van der Waals surface area contributed by atoms with Gasteiger partial charge in [0.1, 0.15) is 12.4 Å². The lowest BCUT2D eigenvalue weighted by Gasteiger charge is -2.26. The molecule has 1 saturated heterocycles. The monoisotopic (exact) mass is 319 g/mol. The Labute approximate surface area is 134 Å². The average molecular weight is 319 g/mol. The van der Waals surface area contributed by atoms with E-state index in [1.807, 2.05) is 4.57 Å². The molecule has 1 aromatic carbocycles. The van der Waals surface area contributed by atoms with Crippen LogP contribution in [0.15, 0.2) is 18.2 Å². The van der Waals surface area contributed by atoms with E-state index in [1.165, 1.54) is 0 Å². The van der Waals surface area contributed by atoms with Gasteiger partial charge in [-0.15, -0.1) is 0 Å². The van der Waals surface area contributed by atoms with Gasteiger partial charge < -0.3 is 19.5 Å². The number of aryl methyl sites for hydroxylation is 1. The van der Waals surface area contributed by atoms with Gasteiger partial charge in [-0.25, -0.2) is 9.78 Å². The molecular formula is C16H21N3O4. The van der Waals surface area contributed by atoms with Crippen molar-refractivity contribution >= 4 is 17.0 Å². The van der Waals surface area contributed by atoms with Crippen molar-refractivity contribution < 1.29 is 19.7 Å². The Kier molecular flexibility index (Phi) is 4.90. The van der Waals surface area contributed by atoms with Crippen LogP contribution in [0.4, 0.5) is 0 Å². The lowest BCUT2D eigenvalue weighted by molar-refractivity contribution is 0.0369. The first-order valence-corrected chi connectivity index (χ1v) is 7.82. The molecule has 2 N–H and O–H groups in total. The van der Waals surface area contributed by atoms with Crippen LogP contribution >= 0.6 is 0 Å². The van der Waals surface area contributed by atoms with E-state index in [1.54, 1.807) is 18.2 Å². The van der Waals surface area contributed by atoms with Gasteiger partial charge in [0.25, 0.3) is 0 Å². The highest BCUT2D eigenvalue weighted by molar-refractivity contribution is 5.92. The van der Waals surface area contributed by atoms with Gasteiger partial charge in [0.05, 0.1) is 29.8 Å². The number of aromatic carboxylic acids is 1. The van der Waals surface area contributed by atoms with E-state index < -0.39 is 5.97 Å². The van der Waals surface area contributed by atoms with E-state index in [2.05, 4.69) is 9.88 Å². The molecule has 1 aliphatic heterocycles. The number of carboxylic acid groups (broad SMARTS) is 1. The Bertz CT molecular complexity index is 692. The number of imidazole rings is 1. The molecule has 0 amide bonds. The van der Waals surface area contributed by atoms with Crippen molar-refractivity contribution in [1.29, 1.82) is 0 Å². The number of aliphatic hydroxyl groups is 1. The predicted octanol–water partition coefficient (Wildman–Crippen LogP) is 0.949. The number of hydrogen-bond acceptors (Lipinski definition) is 5. The minimum atomic E-state index is -0.973. The van der Waals surface area contributed by atoms with Crippen molar-refractivity contribution in [1.82, 2.24) is 14.5 Å². The van der Waals surface area contributed by atoms with Gasteiger partial charge >= 0.3 is 5.97 Å². The van der Waals surface area contributed by atoms with Crippen LogP contribution in [0.3, 0.4) is 0 Å². The summed E-state index contributed by atoms with van der Waals surface area (Å²) in [4.78, 5) is 17.8. The molecular weight excluding hydrogens is 298 g/mol. The Hall–Kier alpha value is -1.96. The number of carboxylic acids is 1. The van der Waals surface area contributed by atoms with E-state index in [-0.39, 0.29) is 12.2 Å². The number of fused-ring (bicyclic) bond motifs is 1. The van der Waals surface area contributed by atoms with Gasteiger partial charge in [0.2, 0.25) is 0 Å². The van der Waals surface area contributed by atoms with Crippen LogP contribution in [0.1, 0.15) is 22.6 Å². The number of morpholine rings is 1. The number of hydrogen-bond donors (Lipinski definition) is 2. The highest BCUT2D eigenvalue weighted by Gasteiger charge is 2.14. The molecule has 1 aromatic heterocycles. The van der Waals surface area contributed by atoms with Gasteiger partial charge in [0.15, 0.2) is 0 Å². The summed E-state index contributed by atoms with van der Waals surface area (Å²) in [5.41, 5.74) is 1.68. The maximum atomic E-state index is 11.1. The first-order valence-electron chi connectivity index (χ1n) is 7.82. The Morgan fingerprint density at radius 3 is 2.74 bits per heavy atom. The molecule has 7 heteroatoms. The number of aromatic nitrogens is 2. The summed E-state index contributed by atoms with van der Waals surface area (Å²) in [5.74, 6) is -0.399. The predicted molar refractivity (Wildman–Crippen MR) is 84.5 cm³/mol. The van der Waals surface area contributed by atoms with Crippen LogP contribution in [0.25, 0.3) is 11.0 Å². The molecule has 124 valence electrons. The maximum Gasteiger partial charge on any atom is 0.335 e. The third kappa shape index (κ3) is 3.52. The Balaban J connectivity index is 1.74. The third-order valence-electron chi connectivity index (χ3n) is 4.18. The van der Waals surface area contributed by atoms with Crippen molar-refractivity contribution in [3.05, 3.63) is 29.6 Å². The van der Waals surface area contributed by atoms with Crippen LogP contribution < -0.4 is 0 Å². The highest BCUT2D eigenvalue weighted by Crippen LogP contribution is 2.19. The number of carbonyl (C=O) groups is 1. The molecule has 7 nitrogen and oxygen atoms in total. The second-order valence-corrected chi connectivity index (χ2v) is 5.65. The summed E-state index contributed by atoms with van der Waals surface area (Å²) in [6.45, 7) is 5.05. The number of rotatable bonds is 6. The van der Waals surface area contributed by atoms with E-state index in [9.17, 15) is 9.90 Å². The number of nitrogens with zero attached hydrogens (tertiary/aromatic N) is 3. The average Bonchev–Trinajstić information content (AvgIpc) is 2.93. The van der Waals surface area contributed by atoms with Crippen LogP contribution in [-0.2, 0) is 17.9 Å². The molecule has 0 aliphatic carbocycles. The summed E-state index contributed by atoms with van der Waals surface area (Å²) >= 11 is 0. The van der Waals surface area contributed by atoms with Crippen LogP contribution in [-0.4, -0.2) is 63.5 Å². The fourth-order valence-corrected chi connectivity index (χ4v) is 2.96. The van der Waals surface area contributed by atoms with Crippen molar-refractivity contribution in [2.45, 2.75) is 19.6 Å². The Morgan fingerprint density at radius 1 is 1.26 bits per heavy atom. The molecule has 0 saturated carbocycles. The highest BCUT2D eigenvalue weighted by atomic mass is 16.5. The van der Waals surface area contributed by atoms with Crippen LogP contribution in [0.5, 0.6) is 0 Å². The zero-order chi connectivity index (χ0) is 16.2. The largest absolute Gasteiger partial charge is 0.478 e. The summed E-state index contributed by atoms with van der Waals surface area (Å²) in [6, 6.07) is 4.89. The summed E-state index contributed by atoms with van der Waals surface area (Å²) < 4.78 is 7.31. The second kappa shape index (κ2) is 7.08. The van der Waals surface area contributed by atoms with E-state index in [0.29, 0.717) is 11.3 Å². The maximum absolute atomic E-state index is 11.1. The lowest BCUT2D eigenvalue weighted by atomic mass is 10.2. The number of aliphatic hydroxyl groups excluding tert-OH is 1. The first-order chi connectivity index (χ1) is 11.2. The normalized spacial score (nSPS) is 16.0.